The van der Waals surface area contributed by atoms with Crippen molar-refractivity contribution in [2.24, 2.45) is 5.73 Å². The topological polar surface area (TPSA) is 83.7 Å². The van der Waals surface area contributed by atoms with Gasteiger partial charge in [-0.15, -0.1) is 0 Å². The zero-order valence-corrected chi connectivity index (χ0v) is 15.6. The fraction of sp³-hybridized carbons (Fsp3) is 0.611. The molecule has 0 aromatic heterocycles. The van der Waals surface area contributed by atoms with Crippen molar-refractivity contribution in [3.05, 3.63) is 29.3 Å². The van der Waals surface area contributed by atoms with Crippen LogP contribution in [0, 0.1) is 6.92 Å². The highest BCUT2D eigenvalue weighted by Crippen LogP contribution is 2.25. The molecule has 2 fully saturated rings. The number of hydrogen-bond acceptors (Lipinski definition) is 4. The number of sulfonamides is 1. The van der Waals surface area contributed by atoms with Gasteiger partial charge >= 0.3 is 0 Å². The fourth-order valence-corrected chi connectivity index (χ4v) is 5.31. The Bertz CT molecular complexity index is 734. The molecule has 25 heavy (non-hydrogen) atoms. The van der Waals surface area contributed by atoms with E-state index >= 15 is 0 Å². The minimum Gasteiger partial charge on any atom is -0.339 e. The molecular weight excluding hydrogens is 338 g/mol. The largest absolute Gasteiger partial charge is 0.339 e. The summed E-state index contributed by atoms with van der Waals surface area (Å²) in [6, 6.07) is 5.16. The van der Waals surface area contributed by atoms with E-state index in [4.69, 9.17) is 5.73 Å². The van der Waals surface area contributed by atoms with E-state index in [1.165, 1.54) is 0 Å². The van der Waals surface area contributed by atoms with Gasteiger partial charge in [0.25, 0.3) is 5.91 Å². The van der Waals surface area contributed by atoms with Gasteiger partial charge in [-0.25, -0.2) is 8.42 Å². The van der Waals surface area contributed by atoms with Crippen molar-refractivity contribution in [2.45, 2.75) is 50.0 Å². The van der Waals surface area contributed by atoms with Gasteiger partial charge in [0.15, 0.2) is 0 Å². The van der Waals surface area contributed by atoms with Crippen molar-refractivity contribution in [1.82, 2.24) is 9.21 Å². The van der Waals surface area contributed by atoms with Gasteiger partial charge in [-0.3, -0.25) is 4.79 Å². The standard InChI is InChI=1S/C18H27N3O3S/c1-14-5-6-15(18(22)20-11-7-16(19)8-12-20)13-17(14)25(23,24)21-9-3-2-4-10-21/h5-6,13,16H,2-4,7-12,19H2,1H3. The molecule has 1 aromatic carbocycles. The number of aryl methyl sites for hydroxylation is 1. The van der Waals surface area contributed by atoms with E-state index in [-0.39, 0.29) is 16.8 Å². The Kier molecular flexibility index (Phi) is 5.46. The van der Waals surface area contributed by atoms with E-state index in [0.29, 0.717) is 37.3 Å². The average Bonchev–Trinajstić information content (AvgIpc) is 2.63. The molecule has 0 atom stereocenters. The maximum atomic E-state index is 13.0. The summed E-state index contributed by atoms with van der Waals surface area (Å²) in [7, 11) is -3.55. The van der Waals surface area contributed by atoms with Crippen LogP contribution >= 0.6 is 0 Å². The predicted octanol–water partition coefficient (Wildman–Crippen LogP) is 1.73. The summed E-state index contributed by atoms with van der Waals surface area (Å²) in [5, 5.41) is 0. The molecule has 0 radical (unpaired) electrons. The fourth-order valence-electron chi connectivity index (χ4n) is 3.54. The Hall–Kier alpha value is -1.44. The van der Waals surface area contributed by atoms with E-state index in [1.54, 1.807) is 34.3 Å². The molecule has 1 aromatic rings. The lowest BCUT2D eigenvalue weighted by atomic mass is 10.0. The predicted molar refractivity (Wildman–Crippen MR) is 96.9 cm³/mol. The third-order valence-corrected chi connectivity index (χ3v) is 7.24. The van der Waals surface area contributed by atoms with Gasteiger partial charge in [-0.05, 0) is 50.3 Å². The molecule has 2 saturated heterocycles. The van der Waals surface area contributed by atoms with Crippen LogP contribution in [0.3, 0.4) is 0 Å². The van der Waals surface area contributed by atoms with Crippen LogP contribution in [0.15, 0.2) is 23.1 Å². The minimum atomic E-state index is -3.55. The summed E-state index contributed by atoms with van der Waals surface area (Å²) in [4.78, 5) is 14.8. The van der Waals surface area contributed by atoms with E-state index in [2.05, 4.69) is 0 Å². The lowest BCUT2D eigenvalue weighted by molar-refractivity contribution is 0.0714. The van der Waals surface area contributed by atoms with Gasteiger partial charge in [0.05, 0.1) is 4.90 Å². The van der Waals surface area contributed by atoms with Gasteiger partial charge in [0.1, 0.15) is 0 Å². The molecular formula is C18H27N3O3S. The number of nitrogens with two attached hydrogens (primary N) is 1. The van der Waals surface area contributed by atoms with Crippen LogP contribution in [0.1, 0.15) is 48.0 Å². The Morgan fingerprint density at radius 2 is 1.72 bits per heavy atom. The van der Waals surface area contributed by atoms with Crippen LogP contribution in [-0.2, 0) is 10.0 Å². The number of hydrogen-bond donors (Lipinski definition) is 1. The van der Waals surface area contributed by atoms with E-state index in [0.717, 1.165) is 32.1 Å². The molecule has 0 aliphatic carbocycles. The highest BCUT2D eigenvalue weighted by molar-refractivity contribution is 7.89. The molecule has 3 rings (SSSR count). The number of carbonyl (C=O) groups is 1. The average molecular weight is 365 g/mol. The number of piperidine rings is 2. The number of nitrogens with zero attached hydrogens (tertiary/aromatic N) is 2. The summed E-state index contributed by atoms with van der Waals surface area (Å²) < 4.78 is 27.5. The molecule has 2 N–H and O–H groups in total. The van der Waals surface area contributed by atoms with Crippen molar-refractivity contribution in [3.63, 3.8) is 0 Å². The van der Waals surface area contributed by atoms with Crippen LogP contribution in [0.25, 0.3) is 0 Å². The molecule has 138 valence electrons. The second-order valence-corrected chi connectivity index (χ2v) is 8.98. The van der Waals surface area contributed by atoms with E-state index < -0.39 is 10.0 Å². The number of likely N-dealkylation sites (tertiary alicyclic amines) is 1. The van der Waals surface area contributed by atoms with Crippen LogP contribution in [0.2, 0.25) is 0 Å². The molecule has 2 heterocycles. The Labute approximate surface area is 150 Å². The molecule has 7 heteroatoms. The number of amides is 1. The monoisotopic (exact) mass is 365 g/mol. The summed E-state index contributed by atoms with van der Waals surface area (Å²) in [6.45, 7) is 4.16. The molecule has 0 unspecified atom stereocenters. The zero-order valence-electron chi connectivity index (χ0n) is 14.8. The number of rotatable bonds is 3. The molecule has 1 amide bonds. The van der Waals surface area contributed by atoms with Gasteiger partial charge in [0.2, 0.25) is 10.0 Å². The zero-order chi connectivity index (χ0) is 18.0. The highest BCUT2D eigenvalue weighted by Gasteiger charge is 2.29. The van der Waals surface area contributed by atoms with Crippen molar-refractivity contribution < 1.29 is 13.2 Å². The summed E-state index contributed by atoms with van der Waals surface area (Å²) in [5.41, 5.74) is 7.02. The second kappa shape index (κ2) is 7.43. The third-order valence-electron chi connectivity index (χ3n) is 5.19. The first-order valence-electron chi connectivity index (χ1n) is 9.05. The lowest BCUT2D eigenvalue weighted by Crippen LogP contribution is -2.43. The Morgan fingerprint density at radius 1 is 1.08 bits per heavy atom. The van der Waals surface area contributed by atoms with E-state index in [1.807, 2.05) is 0 Å². The smallest absolute Gasteiger partial charge is 0.253 e. The van der Waals surface area contributed by atoms with Gasteiger partial charge in [0, 0.05) is 37.8 Å². The molecule has 0 saturated carbocycles. The van der Waals surface area contributed by atoms with Crippen LogP contribution < -0.4 is 5.73 Å². The molecule has 2 aliphatic heterocycles. The maximum absolute atomic E-state index is 13.0. The Balaban J connectivity index is 1.86. The van der Waals surface area contributed by atoms with Crippen molar-refractivity contribution in [1.29, 1.82) is 0 Å². The highest BCUT2D eigenvalue weighted by atomic mass is 32.2. The van der Waals surface area contributed by atoms with Gasteiger partial charge in [-0.2, -0.15) is 4.31 Å². The first-order chi connectivity index (χ1) is 11.9. The second-order valence-electron chi connectivity index (χ2n) is 7.07. The Morgan fingerprint density at radius 3 is 2.36 bits per heavy atom. The number of carbonyl (C=O) groups excluding carboxylic acids is 1. The first-order valence-corrected chi connectivity index (χ1v) is 10.5. The summed E-state index contributed by atoms with van der Waals surface area (Å²) in [5.74, 6) is -0.109. The number of benzene rings is 1. The molecule has 2 aliphatic rings. The lowest BCUT2D eigenvalue weighted by Gasteiger charge is -2.30. The van der Waals surface area contributed by atoms with Gasteiger partial charge < -0.3 is 10.6 Å². The SMILES string of the molecule is Cc1ccc(C(=O)N2CCC(N)CC2)cc1S(=O)(=O)N1CCCCC1. The van der Waals surface area contributed by atoms with Crippen LogP contribution in [0.4, 0.5) is 0 Å². The summed E-state index contributed by atoms with van der Waals surface area (Å²) in [6.07, 6.45) is 4.43. The van der Waals surface area contributed by atoms with E-state index in [9.17, 15) is 13.2 Å². The van der Waals surface area contributed by atoms with Crippen molar-refractivity contribution >= 4 is 15.9 Å². The molecule has 6 nitrogen and oxygen atoms in total. The molecule has 0 bridgehead atoms. The minimum absolute atomic E-state index is 0.109. The summed E-state index contributed by atoms with van der Waals surface area (Å²) >= 11 is 0. The third kappa shape index (κ3) is 3.88. The maximum Gasteiger partial charge on any atom is 0.253 e. The first kappa shape index (κ1) is 18.4. The van der Waals surface area contributed by atoms with Crippen LogP contribution in [0.5, 0.6) is 0 Å². The quantitative estimate of drug-likeness (QED) is 0.884. The van der Waals surface area contributed by atoms with Gasteiger partial charge in [-0.1, -0.05) is 12.5 Å². The normalized spacial score (nSPS) is 20.6. The van der Waals surface area contributed by atoms with Crippen LogP contribution in [-0.4, -0.2) is 55.8 Å². The van der Waals surface area contributed by atoms with Crippen molar-refractivity contribution in [2.75, 3.05) is 26.2 Å². The van der Waals surface area contributed by atoms with Crippen molar-refractivity contribution in [3.8, 4) is 0 Å². The molecule has 0 spiro atoms.